The van der Waals surface area contributed by atoms with Gasteiger partial charge in [0.05, 0.1) is 7.11 Å². The Morgan fingerprint density at radius 3 is 2.60 bits per heavy atom. The molecule has 4 heteroatoms. The third kappa shape index (κ3) is 1.60. The topological polar surface area (TPSA) is 35.2 Å². The van der Waals surface area contributed by atoms with Gasteiger partial charge in [0.15, 0.2) is 0 Å². The second-order valence-electron chi connectivity index (χ2n) is 3.95. The normalized spacial score (nSPS) is 18.4. The van der Waals surface area contributed by atoms with E-state index in [1.807, 2.05) is 0 Å². The van der Waals surface area contributed by atoms with Crippen LogP contribution in [0.4, 0.5) is 4.39 Å². The van der Waals surface area contributed by atoms with Crippen molar-refractivity contribution in [1.82, 2.24) is 0 Å². The van der Waals surface area contributed by atoms with Crippen LogP contribution in [0.15, 0.2) is 12.1 Å². The quantitative estimate of drug-likeness (QED) is 0.847. The Morgan fingerprint density at radius 1 is 1.47 bits per heavy atom. The lowest BCUT2D eigenvalue weighted by Gasteiger charge is -2.39. The number of ether oxygens (including phenoxy) is 1. The van der Waals surface area contributed by atoms with Gasteiger partial charge in [-0.3, -0.25) is 0 Å². The van der Waals surface area contributed by atoms with Crippen molar-refractivity contribution in [2.75, 3.05) is 7.11 Å². The summed E-state index contributed by atoms with van der Waals surface area (Å²) in [5, 5.41) is 0.0201. The van der Waals surface area contributed by atoms with E-state index in [4.69, 9.17) is 22.1 Å². The molecule has 0 bridgehead atoms. The first-order chi connectivity index (χ1) is 7.08. The van der Waals surface area contributed by atoms with Gasteiger partial charge in [0.2, 0.25) is 0 Å². The lowest BCUT2D eigenvalue weighted by Crippen LogP contribution is -2.43. The molecule has 0 spiro atoms. The molecule has 0 aliphatic heterocycles. The molecule has 0 unspecified atom stereocenters. The van der Waals surface area contributed by atoms with E-state index in [0.29, 0.717) is 5.75 Å². The number of methoxy groups -OCH3 is 1. The van der Waals surface area contributed by atoms with Gasteiger partial charge in [-0.15, -0.1) is 0 Å². The minimum Gasteiger partial charge on any atom is -0.495 e. The fraction of sp³-hybridized carbons (Fsp3) is 0.455. The molecule has 1 aliphatic carbocycles. The number of benzene rings is 1. The van der Waals surface area contributed by atoms with Crippen LogP contribution >= 0.6 is 11.6 Å². The molecule has 15 heavy (non-hydrogen) atoms. The third-order valence-corrected chi connectivity index (χ3v) is 3.39. The number of halogens is 2. The van der Waals surface area contributed by atoms with Crippen molar-refractivity contribution in [2.45, 2.75) is 24.8 Å². The molecular formula is C11H13ClFNO. The van der Waals surface area contributed by atoms with Gasteiger partial charge < -0.3 is 10.5 Å². The van der Waals surface area contributed by atoms with E-state index in [0.717, 1.165) is 24.8 Å². The Morgan fingerprint density at radius 2 is 2.13 bits per heavy atom. The molecule has 1 saturated carbocycles. The summed E-state index contributed by atoms with van der Waals surface area (Å²) in [5.41, 5.74) is 6.58. The highest BCUT2D eigenvalue weighted by atomic mass is 35.5. The number of hydrogen-bond donors (Lipinski definition) is 1. The lowest BCUT2D eigenvalue weighted by molar-refractivity contribution is 0.243. The van der Waals surface area contributed by atoms with Gasteiger partial charge in [-0.25, -0.2) is 4.39 Å². The van der Waals surface area contributed by atoms with Crippen LogP contribution < -0.4 is 10.5 Å². The Labute approximate surface area is 93.2 Å². The summed E-state index contributed by atoms with van der Waals surface area (Å²) in [4.78, 5) is 0. The smallest absolute Gasteiger partial charge is 0.145 e. The molecular weight excluding hydrogens is 217 g/mol. The number of hydrogen-bond acceptors (Lipinski definition) is 2. The molecule has 0 heterocycles. The van der Waals surface area contributed by atoms with Crippen molar-refractivity contribution >= 4 is 11.6 Å². The lowest BCUT2D eigenvalue weighted by atomic mass is 9.72. The first-order valence-corrected chi connectivity index (χ1v) is 5.27. The van der Waals surface area contributed by atoms with Crippen LogP contribution in [0.2, 0.25) is 5.02 Å². The van der Waals surface area contributed by atoms with E-state index >= 15 is 0 Å². The van der Waals surface area contributed by atoms with Crippen molar-refractivity contribution < 1.29 is 9.13 Å². The van der Waals surface area contributed by atoms with E-state index in [1.54, 1.807) is 6.07 Å². The maximum absolute atomic E-state index is 13.2. The van der Waals surface area contributed by atoms with Crippen LogP contribution in [0.5, 0.6) is 5.75 Å². The standard InChI is InChI=1S/C11H13ClFNO/c1-15-10-7(11(14)5-2-6-11)3-4-8(13)9(10)12/h3-4H,2,5-6,14H2,1H3. The number of nitrogens with two attached hydrogens (primary N) is 1. The van der Waals surface area contributed by atoms with E-state index in [9.17, 15) is 4.39 Å². The van der Waals surface area contributed by atoms with E-state index in [-0.39, 0.29) is 10.6 Å². The van der Waals surface area contributed by atoms with Crippen LogP contribution in [0.25, 0.3) is 0 Å². The molecule has 1 aliphatic rings. The fourth-order valence-electron chi connectivity index (χ4n) is 1.95. The maximum atomic E-state index is 13.2. The molecule has 2 N–H and O–H groups in total. The molecule has 2 nitrogen and oxygen atoms in total. The summed E-state index contributed by atoms with van der Waals surface area (Å²) >= 11 is 5.83. The van der Waals surface area contributed by atoms with Crippen LogP contribution in [-0.4, -0.2) is 7.11 Å². The molecule has 1 aromatic carbocycles. The highest BCUT2D eigenvalue weighted by molar-refractivity contribution is 6.32. The van der Waals surface area contributed by atoms with Gasteiger partial charge in [0, 0.05) is 11.1 Å². The molecule has 1 aromatic rings. The SMILES string of the molecule is COc1c(C2(N)CCC2)ccc(F)c1Cl. The Balaban J connectivity index is 2.52. The highest BCUT2D eigenvalue weighted by Crippen LogP contribution is 2.45. The number of rotatable bonds is 2. The van der Waals surface area contributed by atoms with Crippen molar-refractivity contribution in [3.05, 3.63) is 28.5 Å². The van der Waals surface area contributed by atoms with Gasteiger partial charge in [0.25, 0.3) is 0 Å². The van der Waals surface area contributed by atoms with E-state index in [2.05, 4.69) is 0 Å². The molecule has 0 aromatic heterocycles. The van der Waals surface area contributed by atoms with Gasteiger partial charge in [-0.05, 0) is 25.3 Å². The Kier molecular flexibility index (Phi) is 2.61. The van der Waals surface area contributed by atoms with Crippen LogP contribution in [0.3, 0.4) is 0 Å². The molecule has 0 radical (unpaired) electrons. The monoisotopic (exact) mass is 229 g/mol. The van der Waals surface area contributed by atoms with Gasteiger partial charge in [0.1, 0.15) is 16.6 Å². The molecule has 0 amide bonds. The molecule has 2 rings (SSSR count). The third-order valence-electron chi connectivity index (χ3n) is 3.04. The molecule has 82 valence electrons. The van der Waals surface area contributed by atoms with Crippen molar-refractivity contribution in [3.8, 4) is 5.75 Å². The predicted molar refractivity (Wildman–Crippen MR) is 57.7 cm³/mol. The van der Waals surface area contributed by atoms with Crippen LogP contribution in [-0.2, 0) is 5.54 Å². The van der Waals surface area contributed by atoms with Crippen LogP contribution in [0.1, 0.15) is 24.8 Å². The summed E-state index contributed by atoms with van der Waals surface area (Å²) in [5.74, 6) is -0.0981. The minimum absolute atomic E-state index is 0.0201. The maximum Gasteiger partial charge on any atom is 0.145 e. The second kappa shape index (κ2) is 3.65. The minimum atomic E-state index is -0.472. The first kappa shape index (κ1) is 10.7. The zero-order chi connectivity index (χ0) is 11.1. The average molecular weight is 230 g/mol. The zero-order valence-corrected chi connectivity index (χ0v) is 9.27. The van der Waals surface area contributed by atoms with E-state index < -0.39 is 5.82 Å². The summed E-state index contributed by atoms with van der Waals surface area (Å²) < 4.78 is 18.3. The molecule has 1 fully saturated rings. The summed E-state index contributed by atoms with van der Waals surface area (Å²) in [6, 6.07) is 3.01. The summed E-state index contributed by atoms with van der Waals surface area (Å²) in [6.45, 7) is 0. The van der Waals surface area contributed by atoms with Gasteiger partial charge >= 0.3 is 0 Å². The first-order valence-electron chi connectivity index (χ1n) is 4.90. The van der Waals surface area contributed by atoms with Crippen molar-refractivity contribution in [3.63, 3.8) is 0 Å². The fourth-order valence-corrected chi connectivity index (χ4v) is 2.19. The molecule has 0 atom stereocenters. The van der Waals surface area contributed by atoms with E-state index in [1.165, 1.54) is 13.2 Å². The Bertz CT molecular complexity index is 390. The predicted octanol–water partition coefficient (Wildman–Crippen LogP) is 2.83. The van der Waals surface area contributed by atoms with Gasteiger partial charge in [-0.1, -0.05) is 17.7 Å². The van der Waals surface area contributed by atoms with Crippen molar-refractivity contribution in [2.24, 2.45) is 5.73 Å². The second-order valence-corrected chi connectivity index (χ2v) is 4.33. The van der Waals surface area contributed by atoms with Crippen molar-refractivity contribution in [1.29, 1.82) is 0 Å². The summed E-state index contributed by atoms with van der Waals surface area (Å²) in [7, 11) is 1.48. The molecule has 0 saturated heterocycles. The highest BCUT2D eigenvalue weighted by Gasteiger charge is 2.37. The zero-order valence-electron chi connectivity index (χ0n) is 8.52. The van der Waals surface area contributed by atoms with Crippen LogP contribution in [0, 0.1) is 5.82 Å². The largest absolute Gasteiger partial charge is 0.495 e. The van der Waals surface area contributed by atoms with Gasteiger partial charge in [-0.2, -0.15) is 0 Å². The average Bonchev–Trinajstić information content (AvgIpc) is 2.18. The summed E-state index contributed by atoms with van der Waals surface area (Å²) in [6.07, 6.45) is 2.88. The Hall–Kier alpha value is -0.800.